The highest BCUT2D eigenvalue weighted by atomic mass is 16.3. The van der Waals surface area contributed by atoms with Gasteiger partial charge in [-0.05, 0) is 44.4 Å². The lowest BCUT2D eigenvalue weighted by Gasteiger charge is -2.20. The zero-order chi connectivity index (χ0) is 13.1. The summed E-state index contributed by atoms with van der Waals surface area (Å²) >= 11 is 0. The van der Waals surface area contributed by atoms with Gasteiger partial charge in [-0.1, -0.05) is 12.1 Å². The molecular weight excluding hydrogens is 228 g/mol. The number of carbonyl (C=O) groups is 1. The molecule has 0 spiro atoms. The maximum Gasteiger partial charge on any atom is 0.237 e. The van der Waals surface area contributed by atoms with Gasteiger partial charge in [-0.2, -0.15) is 0 Å². The Morgan fingerprint density at radius 1 is 1.28 bits per heavy atom. The molecule has 0 radical (unpaired) electrons. The first-order chi connectivity index (χ1) is 8.56. The van der Waals surface area contributed by atoms with Crippen molar-refractivity contribution in [2.24, 2.45) is 0 Å². The third-order valence-electron chi connectivity index (χ3n) is 3.21. The summed E-state index contributed by atoms with van der Waals surface area (Å²) in [7, 11) is 0. The van der Waals surface area contributed by atoms with Gasteiger partial charge >= 0.3 is 0 Å². The molecule has 1 aromatic carbocycles. The number of hydrogen-bond acceptors (Lipinski definition) is 3. The molecule has 1 amide bonds. The molecule has 0 saturated heterocycles. The van der Waals surface area contributed by atoms with Crippen LogP contribution < -0.4 is 10.6 Å². The number of amides is 1. The van der Waals surface area contributed by atoms with Crippen LogP contribution in [-0.4, -0.2) is 23.1 Å². The van der Waals surface area contributed by atoms with Crippen molar-refractivity contribution in [3.8, 4) is 5.75 Å². The molecule has 4 nitrogen and oxygen atoms in total. The minimum atomic E-state index is -0.214. The topological polar surface area (TPSA) is 61.4 Å². The molecule has 3 N–H and O–H groups in total. The molecule has 1 aliphatic carbocycles. The maximum atomic E-state index is 11.8. The number of phenolic OH excluding ortho intramolecular Hbond substituents is 1. The predicted molar refractivity (Wildman–Crippen MR) is 70.3 cm³/mol. The summed E-state index contributed by atoms with van der Waals surface area (Å²) in [5.74, 6) is 0.314. The van der Waals surface area contributed by atoms with Gasteiger partial charge in [0.05, 0.1) is 6.04 Å². The predicted octanol–water partition coefficient (Wildman–Crippen LogP) is 1.71. The summed E-state index contributed by atoms with van der Waals surface area (Å²) in [4.78, 5) is 11.8. The first kappa shape index (κ1) is 12.9. The van der Waals surface area contributed by atoms with Crippen molar-refractivity contribution >= 4 is 5.91 Å². The van der Waals surface area contributed by atoms with Crippen molar-refractivity contribution in [2.45, 2.75) is 44.8 Å². The summed E-state index contributed by atoms with van der Waals surface area (Å²) in [5, 5.41) is 15.5. The quantitative estimate of drug-likeness (QED) is 0.743. The Morgan fingerprint density at radius 2 is 1.89 bits per heavy atom. The zero-order valence-electron chi connectivity index (χ0n) is 10.8. The molecule has 0 bridgehead atoms. The fraction of sp³-hybridized carbons (Fsp3) is 0.500. The Kier molecular flexibility index (Phi) is 3.87. The number of aromatic hydroxyl groups is 1. The van der Waals surface area contributed by atoms with Gasteiger partial charge in [0.2, 0.25) is 5.91 Å². The highest BCUT2D eigenvalue weighted by molar-refractivity contribution is 5.81. The Morgan fingerprint density at radius 3 is 2.44 bits per heavy atom. The van der Waals surface area contributed by atoms with Crippen LogP contribution in [0.25, 0.3) is 0 Å². The zero-order valence-corrected chi connectivity index (χ0v) is 10.8. The van der Waals surface area contributed by atoms with Gasteiger partial charge in [-0.25, -0.2) is 0 Å². The van der Waals surface area contributed by atoms with Gasteiger partial charge in [0.1, 0.15) is 5.75 Å². The van der Waals surface area contributed by atoms with E-state index in [1.54, 1.807) is 12.1 Å². The second-order valence-electron chi connectivity index (χ2n) is 4.98. The lowest BCUT2D eigenvalue weighted by Crippen LogP contribution is -2.43. The lowest BCUT2D eigenvalue weighted by atomic mass is 10.1. The van der Waals surface area contributed by atoms with Crippen molar-refractivity contribution in [3.63, 3.8) is 0 Å². The minimum absolute atomic E-state index is 0.0585. The fourth-order valence-electron chi connectivity index (χ4n) is 1.86. The van der Waals surface area contributed by atoms with Crippen LogP contribution >= 0.6 is 0 Å². The molecular formula is C14H20N2O2. The number of benzene rings is 1. The van der Waals surface area contributed by atoms with Gasteiger partial charge in [-0.15, -0.1) is 0 Å². The van der Waals surface area contributed by atoms with Gasteiger partial charge < -0.3 is 10.4 Å². The third kappa shape index (κ3) is 3.47. The van der Waals surface area contributed by atoms with Crippen LogP contribution in [0.15, 0.2) is 24.3 Å². The molecule has 1 saturated carbocycles. The minimum Gasteiger partial charge on any atom is -0.508 e. The third-order valence-corrected chi connectivity index (χ3v) is 3.21. The number of hydrogen-bond donors (Lipinski definition) is 3. The summed E-state index contributed by atoms with van der Waals surface area (Å²) in [6.45, 7) is 3.88. The van der Waals surface area contributed by atoms with E-state index in [1.807, 2.05) is 26.0 Å². The average molecular weight is 248 g/mol. The normalized spacial score (nSPS) is 18.1. The van der Waals surface area contributed by atoms with Crippen LogP contribution in [0.1, 0.15) is 38.3 Å². The second kappa shape index (κ2) is 5.40. The molecule has 18 heavy (non-hydrogen) atoms. The SMILES string of the molecule is CC(NC(C)c1ccc(O)cc1)C(=O)NC1CC1. The molecule has 4 heteroatoms. The number of nitrogens with one attached hydrogen (secondary N) is 2. The van der Waals surface area contributed by atoms with E-state index in [0.29, 0.717) is 6.04 Å². The first-order valence-corrected chi connectivity index (χ1v) is 6.41. The molecule has 1 aromatic rings. The monoisotopic (exact) mass is 248 g/mol. The first-order valence-electron chi connectivity index (χ1n) is 6.41. The fourth-order valence-corrected chi connectivity index (χ4v) is 1.86. The van der Waals surface area contributed by atoms with E-state index in [2.05, 4.69) is 10.6 Å². The van der Waals surface area contributed by atoms with Crippen LogP contribution in [0.4, 0.5) is 0 Å². The van der Waals surface area contributed by atoms with Crippen molar-refractivity contribution in [1.29, 1.82) is 0 Å². The summed E-state index contributed by atoms with van der Waals surface area (Å²) in [5.41, 5.74) is 1.05. The molecule has 1 fully saturated rings. The standard InChI is InChI=1S/C14H20N2O2/c1-9(11-3-7-13(17)8-4-11)15-10(2)14(18)16-12-5-6-12/h3-4,7-10,12,15,17H,5-6H2,1-2H3,(H,16,18). The van der Waals surface area contributed by atoms with Crippen LogP contribution in [0.2, 0.25) is 0 Å². The lowest BCUT2D eigenvalue weighted by molar-refractivity contribution is -0.123. The highest BCUT2D eigenvalue weighted by Crippen LogP contribution is 2.19. The van der Waals surface area contributed by atoms with Crippen molar-refractivity contribution < 1.29 is 9.90 Å². The van der Waals surface area contributed by atoms with Crippen molar-refractivity contribution in [3.05, 3.63) is 29.8 Å². The molecule has 2 rings (SSSR count). The molecule has 0 heterocycles. The Bertz CT molecular complexity index is 412. The van der Waals surface area contributed by atoms with E-state index < -0.39 is 0 Å². The van der Waals surface area contributed by atoms with E-state index in [-0.39, 0.29) is 23.7 Å². The van der Waals surface area contributed by atoms with Gasteiger partial charge in [0.15, 0.2) is 0 Å². The number of rotatable bonds is 5. The van der Waals surface area contributed by atoms with E-state index >= 15 is 0 Å². The van der Waals surface area contributed by atoms with Gasteiger partial charge in [0.25, 0.3) is 0 Å². The summed E-state index contributed by atoms with van der Waals surface area (Å²) in [6.07, 6.45) is 2.21. The molecule has 2 atom stereocenters. The Balaban J connectivity index is 1.87. The van der Waals surface area contributed by atoms with E-state index in [0.717, 1.165) is 18.4 Å². The molecule has 0 aromatic heterocycles. The van der Waals surface area contributed by atoms with Crippen LogP contribution in [0.5, 0.6) is 5.75 Å². The van der Waals surface area contributed by atoms with Crippen molar-refractivity contribution in [1.82, 2.24) is 10.6 Å². The number of phenols is 1. The Hall–Kier alpha value is -1.55. The van der Waals surface area contributed by atoms with Gasteiger partial charge in [0, 0.05) is 12.1 Å². The Labute approximate surface area is 107 Å². The largest absolute Gasteiger partial charge is 0.508 e. The summed E-state index contributed by atoms with van der Waals surface area (Å²) in [6, 6.07) is 7.28. The number of carbonyl (C=O) groups excluding carboxylic acids is 1. The maximum absolute atomic E-state index is 11.8. The van der Waals surface area contributed by atoms with Crippen LogP contribution in [-0.2, 0) is 4.79 Å². The van der Waals surface area contributed by atoms with Crippen molar-refractivity contribution in [2.75, 3.05) is 0 Å². The highest BCUT2D eigenvalue weighted by Gasteiger charge is 2.26. The van der Waals surface area contributed by atoms with Crippen LogP contribution in [0, 0.1) is 0 Å². The van der Waals surface area contributed by atoms with E-state index in [4.69, 9.17) is 0 Å². The molecule has 98 valence electrons. The van der Waals surface area contributed by atoms with Crippen LogP contribution in [0.3, 0.4) is 0 Å². The van der Waals surface area contributed by atoms with E-state index in [1.165, 1.54) is 0 Å². The molecule has 1 aliphatic rings. The molecule has 2 unspecified atom stereocenters. The second-order valence-corrected chi connectivity index (χ2v) is 4.98. The average Bonchev–Trinajstić information content (AvgIpc) is 3.13. The smallest absolute Gasteiger partial charge is 0.237 e. The molecule has 0 aliphatic heterocycles. The van der Waals surface area contributed by atoms with Gasteiger partial charge in [-0.3, -0.25) is 10.1 Å². The van der Waals surface area contributed by atoms with E-state index in [9.17, 15) is 9.90 Å². The summed E-state index contributed by atoms with van der Waals surface area (Å²) < 4.78 is 0.